The van der Waals surface area contributed by atoms with Gasteiger partial charge in [0.2, 0.25) is 5.88 Å². The van der Waals surface area contributed by atoms with E-state index >= 15 is 0 Å². The third-order valence-corrected chi connectivity index (χ3v) is 7.30. The summed E-state index contributed by atoms with van der Waals surface area (Å²) in [6.45, 7) is 0. The van der Waals surface area contributed by atoms with Crippen molar-refractivity contribution >= 4 is 23.2 Å². The number of amides is 2. The lowest BCUT2D eigenvalue weighted by Gasteiger charge is -2.57. The Labute approximate surface area is 195 Å². The van der Waals surface area contributed by atoms with Gasteiger partial charge < -0.3 is 20.5 Å². The Morgan fingerprint density at radius 3 is 2.61 bits per heavy atom. The van der Waals surface area contributed by atoms with Crippen molar-refractivity contribution in [3.05, 3.63) is 59.2 Å². The third kappa shape index (κ3) is 4.28. The monoisotopic (exact) mass is 464 g/mol. The highest BCUT2D eigenvalue weighted by Crippen LogP contribution is 2.56. The zero-order chi connectivity index (χ0) is 23.0. The minimum atomic E-state index is -0.546. The number of rotatable bonds is 7. The maximum atomic E-state index is 12.7. The molecule has 0 bridgehead atoms. The molecule has 2 heterocycles. The first-order valence-electron chi connectivity index (χ1n) is 10.8. The summed E-state index contributed by atoms with van der Waals surface area (Å²) in [5.41, 5.74) is 7.28. The maximum Gasteiger partial charge on any atom is 0.270 e. The van der Waals surface area contributed by atoms with Crippen LogP contribution in [-0.2, 0) is 0 Å². The molecule has 33 heavy (non-hydrogen) atoms. The molecule has 170 valence electrons. The molecule has 1 spiro atoms. The van der Waals surface area contributed by atoms with Crippen LogP contribution in [0.1, 0.15) is 46.5 Å². The van der Waals surface area contributed by atoms with E-state index in [-0.39, 0.29) is 23.5 Å². The van der Waals surface area contributed by atoms with Crippen LogP contribution in [0.15, 0.2) is 48.0 Å². The number of thiazole rings is 1. The SMILES string of the molecule is COc1ccc(-c2nc(C(=O)NC3CC4(C3)CC(Oc3ncccc3C(N)=O)C4)cs2)cc1. The fourth-order valence-corrected chi connectivity index (χ4v) is 5.55. The quantitative estimate of drug-likeness (QED) is 0.553. The van der Waals surface area contributed by atoms with Crippen LogP contribution in [-0.4, -0.2) is 41.0 Å². The summed E-state index contributed by atoms with van der Waals surface area (Å²) < 4.78 is 11.1. The van der Waals surface area contributed by atoms with Crippen molar-refractivity contribution in [3.63, 3.8) is 0 Å². The van der Waals surface area contributed by atoms with E-state index in [1.54, 1.807) is 30.8 Å². The molecule has 0 aliphatic heterocycles. The molecule has 2 aliphatic carbocycles. The molecule has 0 unspecified atom stereocenters. The van der Waals surface area contributed by atoms with E-state index in [4.69, 9.17) is 15.2 Å². The number of ether oxygens (including phenoxy) is 2. The molecule has 2 aliphatic rings. The smallest absolute Gasteiger partial charge is 0.270 e. The Morgan fingerprint density at radius 2 is 1.91 bits per heavy atom. The molecule has 2 saturated carbocycles. The summed E-state index contributed by atoms with van der Waals surface area (Å²) in [6, 6.07) is 11.0. The molecule has 0 radical (unpaired) electrons. The summed E-state index contributed by atoms with van der Waals surface area (Å²) in [4.78, 5) is 32.8. The number of methoxy groups -OCH3 is 1. The molecule has 5 rings (SSSR count). The van der Waals surface area contributed by atoms with Crippen molar-refractivity contribution in [2.75, 3.05) is 7.11 Å². The fraction of sp³-hybridized carbons (Fsp3) is 0.333. The Morgan fingerprint density at radius 1 is 1.15 bits per heavy atom. The number of hydrogen-bond donors (Lipinski definition) is 2. The van der Waals surface area contributed by atoms with Crippen LogP contribution in [0.25, 0.3) is 10.6 Å². The molecule has 2 fully saturated rings. The summed E-state index contributed by atoms with van der Waals surface area (Å²) in [7, 11) is 1.63. The van der Waals surface area contributed by atoms with E-state index in [0.29, 0.717) is 17.1 Å². The largest absolute Gasteiger partial charge is 0.497 e. The first-order chi connectivity index (χ1) is 15.9. The minimum absolute atomic E-state index is 0.0141. The van der Waals surface area contributed by atoms with Gasteiger partial charge in [0.05, 0.1) is 7.11 Å². The number of benzene rings is 1. The summed E-state index contributed by atoms with van der Waals surface area (Å²) in [6.07, 6.45) is 5.20. The number of nitrogens with zero attached hydrogens (tertiary/aromatic N) is 2. The molecule has 0 atom stereocenters. The normalized spacial score (nSPS) is 23.3. The predicted molar refractivity (Wildman–Crippen MR) is 123 cm³/mol. The number of primary amides is 1. The predicted octanol–water partition coefficient (Wildman–Crippen LogP) is 3.43. The van der Waals surface area contributed by atoms with Gasteiger partial charge in [-0.3, -0.25) is 9.59 Å². The highest BCUT2D eigenvalue weighted by Gasteiger charge is 2.54. The van der Waals surface area contributed by atoms with Crippen LogP contribution in [0.5, 0.6) is 11.6 Å². The van der Waals surface area contributed by atoms with Crippen LogP contribution in [0.2, 0.25) is 0 Å². The van der Waals surface area contributed by atoms with Gasteiger partial charge in [-0.2, -0.15) is 0 Å². The van der Waals surface area contributed by atoms with E-state index in [1.807, 2.05) is 24.3 Å². The lowest BCUT2D eigenvalue weighted by Crippen LogP contribution is -2.58. The molecule has 2 amide bonds. The topological polar surface area (TPSA) is 116 Å². The average molecular weight is 465 g/mol. The number of carbonyl (C=O) groups is 2. The number of nitrogens with two attached hydrogens (primary N) is 1. The van der Waals surface area contributed by atoms with Crippen LogP contribution < -0.4 is 20.5 Å². The second-order valence-corrected chi connectivity index (χ2v) is 9.57. The standard InChI is InChI=1S/C24H24N4O4S/c1-31-16-6-4-14(5-7-16)23-28-19(13-33-23)21(30)27-15-9-24(10-15)11-17(12-24)32-22-18(20(25)29)3-2-8-26-22/h2-8,13,15,17H,9-12H2,1H3,(H2,25,29)(H,27,30). The van der Waals surface area contributed by atoms with Crippen LogP contribution in [0.3, 0.4) is 0 Å². The maximum absolute atomic E-state index is 12.7. The zero-order valence-electron chi connectivity index (χ0n) is 18.1. The summed E-state index contributed by atoms with van der Waals surface area (Å²) in [5.74, 6) is 0.391. The molecule has 3 N–H and O–H groups in total. The zero-order valence-corrected chi connectivity index (χ0v) is 18.9. The molecule has 0 saturated heterocycles. The number of hydrogen-bond acceptors (Lipinski definition) is 7. The minimum Gasteiger partial charge on any atom is -0.497 e. The lowest BCUT2D eigenvalue weighted by atomic mass is 9.53. The van der Waals surface area contributed by atoms with E-state index in [2.05, 4.69) is 15.3 Å². The molecule has 1 aromatic carbocycles. The van der Waals surface area contributed by atoms with Crippen molar-refractivity contribution in [1.29, 1.82) is 0 Å². The molecular formula is C24H24N4O4S. The third-order valence-electron chi connectivity index (χ3n) is 6.40. The van der Waals surface area contributed by atoms with Crippen molar-refractivity contribution < 1.29 is 19.1 Å². The first kappa shape index (κ1) is 21.4. The van der Waals surface area contributed by atoms with E-state index in [0.717, 1.165) is 42.0 Å². The molecular weight excluding hydrogens is 440 g/mol. The van der Waals surface area contributed by atoms with E-state index in [1.165, 1.54) is 11.3 Å². The Kier molecular flexibility index (Phi) is 5.49. The van der Waals surface area contributed by atoms with Crippen molar-refractivity contribution in [1.82, 2.24) is 15.3 Å². The Balaban J connectivity index is 1.11. The van der Waals surface area contributed by atoms with Gasteiger partial charge >= 0.3 is 0 Å². The van der Waals surface area contributed by atoms with Gasteiger partial charge in [0.1, 0.15) is 28.1 Å². The number of pyridine rings is 1. The van der Waals surface area contributed by atoms with Crippen molar-refractivity contribution in [2.24, 2.45) is 11.1 Å². The Bertz CT molecular complexity index is 1180. The molecule has 3 aromatic rings. The second kappa shape index (κ2) is 8.47. The van der Waals surface area contributed by atoms with Gasteiger partial charge in [-0.25, -0.2) is 9.97 Å². The number of nitrogens with one attached hydrogen (secondary N) is 1. The van der Waals surface area contributed by atoms with Gasteiger partial charge in [0, 0.05) is 23.2 Å². The highest BCUT2D eigenvalue weighted by molar-refractivity contribution is 7.13. The van der Waals surface area contributed by atoms with Crippen molar-refractivity contribution in [3.8, 4) is 22.2 Å². The second-order valence-electron chi connectivity index (χ2n) is 8.71. The fourth-order valence-electron chi connectivity index (χ4n) is 4.74. The van der Waals surface area contributed by atoms with Gasteiger partial charge in [-0.05, 0) is 67.5 Å². The summed E-state index contributed by atoms with van der Waals surface area (Å²) in [5, 5.41) is 5.69. The van der Waals surface area contributed by atoms with E-state index in [9.17, 15) is 9.59 Å². The number of carbonyl (C=O) groups excluding carboxylic acids is 2. The van der Waals surface area contributed by atoms with Gasteiger partial charge in [0.15, 0.2) is 0 Å². The molecule has 2 aromatic heterocycles. The summed E-state index contributed by atoms with van der Waals surface area (Å²) >= 11 is 1.45. The number of aromatic nitrogens is 2. The first-order valence-corrected chi connectivity index (χ1v) is 11.6. The highest BCUT2D eigenvalue weighted by atomic mass is 32.1. The van der Waals surface area contributed by atoms with Gasteiger partial charge in [-0.15, -0.1) is 11.3 Å². The van der Waals surface area contributed by atoms with E-state index < -0.39 is 5.91 Å². The van der Waals surface area contributed by atoms with Crippen LogP contribution in [0, 0.1) is 5.41 Å². The average Bonchev–Trinajstić information content (AvgIpc) is 3.27. The van der Waals surface area contributed by atoms with Gasteiger partial charge in [-0.1, -0.05) is 0 Å². The van der Waals surface area contributed by atoms with Crippen LogP contribution >= 0.6 is 11.3 Å². The lowest BCUT2D eigenvalue weighted by molar-refractivity contribution is -0.0848. The molecule has 9 heteroatoms. The van der Waals surface area contributed by atoms with Gasteiger partial charge in [0.25, 0.3) is 11.8 Å². The Hall–Kier alpha value is -3.46. The van der Waals surface area contributed by atoms with Crippen LogP contribution in [0.4, 0.5) is 0 Å². The van der Waals surface area contributed by atoms with Crippen molar-refractivity contribution in [2.45, 2.75) is 37.8 Å². The molecule has 8 nitrogen and oxygen atoms in total.